The first-order valence-electron chi connectivity index (χ1n) is 9.24. The molecule has 1 aliphatic heterocycles. The summed E-state index contributed by atoms with van der Waals surface area (Å²) in [4.78, 5) is 31.9. The third-order valence-corrected chi connectivity index (χ3v) is 4.73. The minimum atomic E-state index is -0.235. The number of rotatable bonds is 6. The molecule has 29 heavy (non-hydrogen) atoms. The van der Waals surface area contributed by atoms with Crippen LogP contribution in [0, 0.1) is 0 Å². The number of nitrogens with zero attached hydrogens (tertiary/aromatic N) is 5. The Bertz CT molecular complexity index is 932. The van der Waals surface area contributed by atoms with E-state index in [4.69, 9.17) is 16.3 Å². The van der Waals surface area contributed by atoms with Gasteiger partial charge < -0.3 is 9.64 Å². The zero-order chi connectivity index (χ0) is 20.8. The third kappa shape index (κ3) is 5.06. The van der Waals surface area contributed by atoms with Gasteiger partial charge in [-0.05, 0) is 44.5 Å². The summed E-state index contributed by atoms with van der Waals surface area (Å²) < 4.78 is 5.85. The van der Waals surface area contributed by atoms with Crippen LogP contribution in [-0.2, 0) is 4.74 Å². The highest BCUT2D eigenvalue weighted by Crippen LogP contribution is 2.26. The summed E-state index contributed by atoms with van der Waals surface area (Å²) in [5.74, 6) is 0.511. The first-order valence-corrected chi connectivity index (χ1v) is 9.62. The molecule has 0 aliphatic carbocycles. The molecule has 0 saturated carbocycles. The van der Waals surface area contributed by atoms with Gasteiger partial charge in [0.2, 0.25) is 5.88 Å². The lowest BCUT2D eigenvalue weighted by atomic mass is 9.99. The summed E-state index contributed by atoms with van der Waals surface area (Å²) in [6.45, 7) is 9.88. The Morgan fingerprint density at radius 2 is 2.00 bits per heavy atom. The first kappa shape index (κ1) is 20.7. The Morgan fingerprint density at radius 3 is 2.72 bits per heavy atom. The topological polar surface area (TPSA) is 80.6 Å². The smallest absolute Gasteiger partial charge is 0.273 e. The number of allylic oxidation sites excluding steroid dienone is 1. The van der Waals surface area contributed by atoms with Gasteiger partial charge in [0, 0.05) is 31.3 Å². The lowest BCUT2D eigenvalue weighted by Crippen LogP contribution is -2.50. The molecule has 2 unspecified atom stereocenters. The molecule has 3 heterocycles. The molecule has 0 bridgehead atoms. The number of aliphatic imine (C=N–C) groups is 1. The highest BCUT2D eigenvalue weighted by atomic mass is 35.5. The number of hydrogen-bond donors (Lipinski definition) is 0. The molecule has 0 aromatic carbocycles. The molecule has 8 heteroatoms. The van der Waals surface area contributed by atoms with Crippen molar-refractivity contribution in [3.63, 3.8) is 0 Å². The van der Waals surface area contributed by atoms with E-state index in [1.54, 1.807) is 41.7 Å². The molecule has 0 N–H and O–H groups in total. The Labute approximate surface area is 174 Å². The van der Waals surface area contributed by atoms with Crippen LogP contribution in [-0.4, -0.2) is 50.7 Å². The van der Waals surface area contributed by atoms with E-state index in [0.717, 1.165) is 12.8 Å². The maximum absolute atomic E-state index is 13.3. The molecule has 2 atom stereocenters. The van der Waals surface area contributed by atoms with E-state index in [9.17, 15) is 4.79 Å². The number of carbonyl (C=O) groups excluding carboxylic acids is 1. The minimum absolute atomic E-state index is 0.183. The van der Waals surface area contributed by atoms with Gasteiger partial charge in [-0.1, -0.05) is 18.2 Å². The van der Waals surface area contributed by atoms with Crippen LogP contribution < -0.4 is 0 Å². The van der Waals surface area contributed by atoms with Crippen LogP contribution in [0.5, 0.6) is 0 Å². The summed E-state index contributed by atoms with van der Waals surface area (Å²) in [6.07, 6.45) is 7.60. The summed E-state index contributed by atoms with van der Waals surface area (Å²) in [6, 6.07) is 5.10. The van der Waals surface area contributed by atoms with Gasteiger partial charge in [-0.2, -0.15) is 0 Å². The van der Waals surface area contributed by atoms with Gasteiger partial charge in [0.1, 0.15) is 11.8 Å². The van der Waals surface area contributed by atoms with Crippen LogP contribution in [0.4, 0.5) is 0 Å². The number of hydrogen-bond acceptors (Lipinski definition) is 6. The second-order valence-corrected chi connectivity index (χ2v) is 7.09. The zero-order valence-corrected chi connectivity index (χ0v) is 16.9. The van der Waals surface area contributed by atoms with Crippen LogP contribution in [0.15, 0.2) is 65.9 Å². The Kier molecular flexibility index (Phi) is 6.72. The number of halogens is 1. The molecule has 1 aliphatic rings. The third-order valence-electron chi connectivity index (χ3n) is 4.63. The van der Waals surface area contributed by atoms with Crippen molar-refractivity contribution in [2.75, 3.05) is 6.54 Å². The minimum Gasteiger partial charge on any atom is -0.473 e. The average Bonchev–Trinajstić information content (AvgIpc) is 2.74. The molecule has 1 fully saturated rings. The second kappa shape index (κ2) is 9.43. The number of aromatic nitrogens is 3. The quantitative estimate of drug-likeness (QED) is 0.532. The van der Waals surface area contributed by atoms with Gasteiger partial charge in [-0.15, -0.1) is 0 Å². The summed E-state index contributed by atoms with van der Waals surface area (Å²) in [5, 5.41) is 0.286. The van der Waals surface area contributed by atoms with Gasteiger partial charge in [-0.25, -0.2) is 15.0 Å². The van der Waals surface area contributed by atoms with Crippen molar-refractivity contribution in [3.05, 3.63) is 66.6 Å². The van der Waals surface area contributed by atoms with E-state index in [-0.39, 0.29) is 29.0 Å². The van der Waals surface area contributed by atoms with Crippen molar-refractivity contribution in [3.8, 4) is 11.4 Å². The Hall–Kier alpha value is -3.06. The van der Waals surface area contributed by atoms with Crippen molar-refractivity contribution >= 4 is 23.7 Å². The van der Waals surface area contributed by atoms with Gasteiger partial charge in [0.25, 0.3) is 5.91 Å². The molecule has 3 rings (SSSR count). The molecule has 0 spiro atoms. The maximum Gasteiger partial charge on any atom is 0.273 e. The van der Waals surface area contributed by atoms with E-state index in [1.165, 1.54) is 6.21 Å². The van der Waals surface area contributed by atoms with Crippen LogP contribution in [0.25, 0.3) is 11.4 Å². The number of carbonyl (C=O) groups is 1. The fourth-order valence-corrected chi connectivity index (χ4v) is 3.28. The summed E-state index contributed by atoms with van der Waals surface area (Å²) in [7, 11) is 0. The Balaban J connectivity index is 1.80. The zero-order valence-electron chi connectivity index (χ0n) is 16.2. The Morgan fingerprint density at radius 1 is 1.28 bits per heavy atom. The van der Waals surface area contributed by atoms with Gasteiger partial charge in [-0.3, -0.25) is 9.78 Å². The number of pyridine rings is 1. The highest BCUT2D eigenvalue weighted by molar-refractivity contribution is 6.38. The predicted molar refractivity (Wildman–Crippen MR) is 112 cm³/mol. The van der Waals surface area contributed by atoms with Crippen molar-refractivity contribution in [1.29, 1.82) is 0 Å². The molecule has 150 valence electrons. The fourth-order valence-electron chi connectivity index (χ4n) is 3.23. The standard InChI is InChI=1S/C21H22ClN5O2/c1-14(22)13-26-16(3)29-18-8-5-12-27(15(18)2)21(28)19-17(7-4-9-23-19)20-24-10-6-11-25-20/h4,6-7,9-11,13,15,18H,1,3,5,8,12H2,2H3. The summed E-state index contributed by atoms with van der Waals surface area (Å²) >= 11 is 5.68. The number of likely N-dealkylation sites (tertiary alicyclic amines) is 1. The van der Waals surface area contributed by atoms with Gasteiger partial charge in [0.05, 0.1) is 16.6 Å². The normalized spacial score (nSPS) is 19.2. The molecule has 1 amide bonds. The monoisotopic (exact) mass is 411 g/mol. The van der Waals surface area contributed by atoms with Crippen LogP contribution >= 0.6 is 11.6 Å². The SMILES string of the molecule is C=C(Cl)C=NC(=C)OC1CCCN(C(=O)c2ncccc2-c2ncccn2)C1C. The summed E-state index contributed by atoms with van der Waals surface area (Å²) in [5.41, 5.74) is 0.921. The van der Waals surface area contributed by atoms with E-state index in [2.05, 4.69) is 33.1 Å². The highest BCUT2D eigenvalue weighted by Gasteiger charge is 2.34. The van der Waals surface area contributed by atoms with E-state index >= 15 is 0 Å². The van der Waals surface area contributed by atoms with Crippen LogP contribution in [0.1, 0.15) is 30.3 Å². The van der Waals surface area contributed by atoms with Crippen LogP contribution in [0.3, 0.4) is 0 Å². The molecular formula is C21H22ClN5O2. The van der Waals surface area contributed by atoms with E-state index < -0.39 is 0 Å². The second-order valence-electron chi connectivity index (χ2n) is 6.61. The molecular weight excluding hydrogens is 390 g/mol. The number of piperidine rings is 1. The lowest BCUT2D eigenvalue weighted by molar-refractivity contribution is 0.000369. The molecule has 2 aromatic rings. The number of amides is 1. The van der Waals surface area contributed by atoms with Crippen molar-refractivity contribution in [1.82, 2.24) is 19.9 Å². The maximum atomic E-state index is 13.3. The molecule has 1 saturated heterocycles. The van der Waals surface area contributed by atoms with Crippen LogP contribution in [0.2, 0.25) is 0 Å². The van der Waals surface area contributed by atoms with Crippen molar-refractivity contribution in [2.24, 2.45) is 4.99 Å². The van der Waals surface area contributed by atoms with Gasteiger partial charge in [0.15, 0.2) is 5.82 Å². The predicted octanol–water partition coefficient (Wildman–Crippen LogP) is 3.84. The molecule has 7 nitrogen and oxygen atoms in total. The van der Waals surface area contributed by atoms with E-state index in [0.29, 0.717) is 23.6 Å². The first-order chi connectivity index (χ1) is 14.0. The van der Waals surface area contributed by atoms with E-state index in [1.807, 2.05) is 6.92 Å². The van der Waals surface area contributed by atoms with Gasteiger partial charge >= 0.3 is 0 Å². The molecule has 2 aromatic heterocycles. The largest absolute Gasteiger partial charge is 0.473 e. The fraction of sp³-hybridized carbons (Fsp3) is 0.286. The molecule has 0 radical (unpaired) electrons. The number of ether oxygens (including phenoxy) is 1. The lowest BCUT2D eigenvalue weighted by Gasteiger charge is -2.39. The average molecular weight is 412 g/mol. The van der Waals surface area contributed by atoms with Crippen molar-refractivity contribution in [2.45, 2.75) is 31.9 Å². The van der Waals surface area contributed by atoms with Crippen molar-refractivity contribution < 1.29 is 9.53 Å².